The first-order valence-corrected chi connectivity index (χ1v) is 9.93. The van der Waals surface area contributed by atoms with E-state index in [0.29, 0.717) is 11.5 Å². The second kappa shape index (κ2) is 8.91. The second-order valence-corrected chi connectivity index (χ2v) is 7.72. The Balaban J connectivity index is 1.53. The summed E-state index contributed by atoms with van der Waals surface area (Å²) in [4.78, 5) is 26.8. The molecule has 0 radical (unpaired) electrons. The van der Waals surface area contributed by atoms with Crippen LogP contribution >= 0.6 is 0 Å². The number of carbonyl (C=O) groups excluding carboxylic acids is 2. The molecule has 2 amide bonds. The van der Waals surface area contributed by atoms with Crippen LogP contribution in [0.4, 0.5) is 11.4 Å². The number of para-hydroxylation sites is 1. The third kappa shape index (κ3) is 4.91. The van der Waals surface area contributed by atoms with Crippen molar-refractivity contribution in [1.82, 2.24) is 4.90 Å². The molecule has 0 aliphatic carbocycles. The van der Waals surface area contributed by atoms with Crippen LogP contribution in [-0.4, -0.2) is 36.3 Å². The largest absolute Gasteiger partial charge is 0.376 e. The number of nitrogens with one attached hydrogen (secondary N) is 2. The third-order valence-electron chi connectivity index (χ3n) is 5.40. The predicted molar refractivity (Wildman–Crippen MR) is 114 cm³/mol. The fourth-order valence-corrected chi connectivity index (χ4v) is 3.50. The van der Waals surface area contributed by atoms with Crippen LogP contribution in [0.5, 0.6) is 0 Å². The lowest BCUT2D eigenvalue weighted by atomic mass is 9.98. The fourth-order valence-electron chi connectivity index (χ4n) is 3.50. The molecule has 3 rings (SSSR count). The van der Waals surface area contributed by atoms with Gasteiger partial charge < -0.3 is 15.5 Å². The van der Waals surface area contributed by atoms with Crippen molar-refractivity contribution in [2.75, 3.05) is 30.3 Å². The van der Waals surface area contributed by atoms with Gasteiger partial charge in [-0.15, -0.1) is 0 Å². The van der Waals surface area contributed by atoms with Gasteiger partial charge in [-0.3, -0.25) is 9.59 Å². The summed E-state index contributed by atoms with van der Waals surface area (Å²) in [6.45, 7) is 8.03. The molecule has 0 unspecified atom stereocenters. The van der Waals surface area contributed by atoms with E-state index in [1.165, 1.54) is 0 Å². The highest BCUT2D eigenvalue weighted by molar-refractivity contribution is 5.96. The molecule has 0 atom stereocenters. The number of hydrogen-bond donors (Lipinski definition) is 2. The molecular weight excluding hydrogens is 350 g/mol. The zero-order valence-electron chi connectivity index (χ0n) is 16.9. The Morgan fingerprint density at radius 3 is 2.21 bits per heavy atom. The fraction of sp³-hybridized carbons (Fsp3) is 0.391. The molecule has 2 aromatic rings. The second-order valence-electron chi connectivity index (χ2n) is 7.72. The molecule has 2 aromatic carbocycles. The summed E-state index contributed by atoms with van der Waals surface area (Å²) in [6, 6.07) is 13.3. The molecule has 1 fully saturated rings. The van der Waals surface area contributed by atoms with E-state index in [0.717, 1.165) is 48.4 Å². The Morgan fingerprint density at radius 1 is 1.00 bits per heavy atom. The SMILES string of the molecule is Cc1cccc(C)c1NC(=O)CNc1ccc(C(=O)N2CCC(C)CC2)cc1. The van der Waals surface area contributed by atoms with Gasteiger partial charge in [-0.25, -0.2) is 0 Å². The van der Waals surface area contributed by atoms with Gasteiger partial charge in [-0.05, 0) is 68.0 Å². The van der Waals surface area contributed by atoms with Gasteiger partial charge >= 0.3 is 0 Å². The van der Waals surface area contributed by atoms with Crippen molar-refractivity contribution in [1.29, 1.82) is 0 Å². The van der Waals surface area contributed by atoms with Gasteiger partial charge in [0.2, 0.25) is 5.91 Å². The topological polar surface area (TPSA) is 61.4 Å². The lowest BCUT2D eigenvalue weighted by Crippen LogP contribution is -2.37. The van der Waals surface area contributed by atoms with Crippen LogP contribution in [0.25, 0.3) is 0 Å². The standard InChI is InChI=1S/C23H29N3O2/c1-16-11-13-26(14-12-16)23(28)19-7-9-20(10-8-19)24-15-21(27)25-22-17(2)5-4-6-18(22)3/h4-10,16,24H,11-15H2,1-3H3,(H,25,27). The van der Waals surface area contributed by atoms with E-state index in [2.05, 4.69) is 17.6 Å². The van der Waals surface area contributed by atoms with Gasteiger partial charge in [-0.2, -0.15) is 0 Å². The van der Waals surface area contributed by atoms with Crippen molar-refractivity contribution < 1.29 is 9.59 Å². The molecule has 0 saturated carbocycles. The Bertz CT molecular complexity index is 817. The number of piperidine rings is 1. The van der Waals surface area contributed by atoms with Gasteiger partial charge in [0, 0.05) is 30.0 Å². The van der Waals surface area contributed by atoms with E-state index in [1.54, 1.807) is 0 Å². The summed E-state index contributed by atoms with van der Waals surface area (Å²) in [5.74, 6) is 0.691. The van der Waals surface area contributed by atoms with Crippen molar-refractivity contribution >= 4 is 23.2 Å². The molecule has 1 aliphatic heterocycles. The van der Waals surface area contributed by atoms with E-state index >= 15 is 0 Å². The van der Waals surface area contributed by atoms with Crippen molar-refractivity contribution in [3.8, 4) is 0 Å². The zero-order chi connectivity index (χ0) is 20.1. The Hall–Kier alpha value is -2.82. The van der Waals surface area contributed by atoms with Gasteiger partial charge in [-0.1, -0.05) is 25.1 Å². The molecule has 28 heavy (non-hydrogen) atoms. The van der Waals surface area contributed by atoms with E-state index in [-0.39, 0.29) is 18.4 Å². The number of rotatable bonds is 5. The molecule has 5 nitrogen and oxygen atoms in total. The molecule has 1 heterocycles. The number of aryl methyl sites for hydroxylation is 2. The molecule has 0 aromatic heterocycles. The maximum atomic E-state index is 12.6. The van der Waals surface area contributed by atoms with Crippen LogP contribution in [0.1, 0.15) is 41.3 Å². The van der Waals surface area contributed by atoms with Crippen LogP contribution in [0.3, 0.4) is 0 Å². The highest BCUT2D eigenvalue weighted by atomic mass is 16.2. The van der Waals surface area contributed by atoms with E-state index < -0.39 is 0 Å². The minimum atomic E-state index is -0.0972. The first-order chi connectivity index (χ1) is 13.4. The minimum Gasteiger partial charge on any atom is -0.376 e. The average Bonchev–Trinajstić information content (AvgIpc) is 2.70. The molecule has 1 saturated heterocycles. The molecule has 148 valence electrons. The third-order valence-corrected chi connectivity index (χ3v) is 5.40. The van der Waals surface area contributed by atoms with Gasteiger partial charge in [0.05, 0.1) is 6.54 Å². The Labute approximate surface area is 167 Å². The molecule has 5 heteroatoms. The van der Waals surface area contributed by atoms with Crippen molar-refractivity contribution in [3.63, 3.8) is 0 Å². The molecule has 0 bridgehead atoms. The number of carbonyl (C=O) groups is 2. The summed E-state index contributed by atoms with van der Waals surface area (Å²) in [5.41, 5.74) is 4.47. The quantitative estimate of drug-likeness (QED) is 0.817. The highest BCUT2D eigenvalue weighted by Gasteiger charge is 2.21. The van der Waals surface area contributed by atoms with Crippen LogP contribution in [0.2, 0.25) is 0 Å². The maximum absolute atomic E-state index is 12.6. The van der Waals surface area contributed by atoms with Gasteiger partial charge in [0.15, 0.2) is 0 Å². The lowest BCUT2D eigenvalue weighted by molar-refractivity contribution is -0.114. The van der Waals surface area contributed by atoms with Crippen molar-refractivity contribution in [2.24, 2.45) is 5.92 Å². The molecule has 1 aliphatic rings. The highest BCUT2D eigenvalue weighted by Crippen LogP contribution is 2.20. The summed E-state index contributed by atoms with van der Waals surface area (Å²) in [6.07, 6.45) is 2.14. The zero-order valence-corrected chi connectivity index (χ0v) is 16.9. The van der Waals surface area contributed by atoms with E-state index in [4.69, 9.17) is 0 Å². The molecule has 0 spiro atoms. The first-order valence-electron chi connectivity index (χ1n) is 9.93. The first kappa shape index (κ1) is 19.9. The smallest absolute Gasteiger partial charge is 0.253 e. The van der Waals surface area contributed by atoms with E-state index in [9.17, 15) is 9.59 Å². The van der Waals surface area contributed by atoms with Gasteiger partial charge in [0.1, 0.15) is 0 Å². The minimum absolute atomic E-state index is 0.0891. The van der Waals surface area contributed by atoms with Crippen LogP contribution in [-0.2, 0) is 4.79 Å². The summed E-state index contributed by atoms with van der Waals surface area (Å²) < 4.78 is 0. The molecule has 2 N–H and O–H groups in total. The number of anilines is 2. The van der Waals surface area contributed by atoms with Crippen LogP contribution < -0.4 is 10.6 Å². The number of nitrogens with zero attached hydrogens (tertiary/aromatic N) is 1. The maximum Gasteiger partial charge on any atom is 0.253 e. The number of amides is 2. The van der Waals surface area contributed by atoms with Crippen molar-refractivity contribution in [2.45, 2.75) is 33.6 Å². The number of benzene rings is 2. The van der Waals surface area contributed by atoms with Crippen molar-refractivity contribution in [3.05, 3.63) is 59.2 Å². The monoisotopic (exact) mass is 379 g/mol. The average molecular weight is 380 g/mol. The summed E-state index contributed by atoms with van der Waals surface area (Å²) in [5, 5.41) is 6.08. The number of likely N-dealkylation sites (tertiary alicyclic amines) is 1. The Morgan fingerprint density at radius 2 is 1.61 bits per heavy atom. The summed E-state index contributed by atoms with van der Waals surface area (Å²) >= 11 is 0. The van der Waals surface area contributed by atoms with Crippen LogP contribution in [0.15, 0.2) is 42.5 Å². The summed E-state index contributed by atoms with van der Waals surface area (Å²) in [7, 11) is 0. The normalized spacial score (nSPS) is 14.6. The van der Waals surface area contributed by atoms with Crippen LogP contribution in [0, 0.1) is 19.8 Å². The predicted octanol–water partition coefficient (Wildman–Crippen LogP) is 4.23. The Kier molecular flexibility index (Phi) is 6.34. The lowest BCUT2D eigenvalue weighted by Gasteiger charge is -2.30. The van der Waals surface area contributed by atoms with Gasteiger partial charge in [0.25, 0.3) is 5.91 Å². The van der Waals surface area contributed by atoms with E-state index in [1.807, 2.05) is 61.2 Å². The molecular formula is C23H29N3O2. The number of hydrogen-bond acceptors (Lipinski definition) is 3.